The molecule has 1 heterocycles. The number of sulfonamides is 1. The molecule has 0 bridgehead atoms. The van der Waals surface area contributed by atoms with Crippen LogP contribution in [0.25, 0.3) is 0 Å². The van der Waals surface area contributed by atoms with E-state index < -0.39 is 21.7 Å². The minimum Gasteiger partial charge on any atom is -0.480 e. The Kier molecular flexibility index (Phi) is 4.91. The molecule has 7 heteroatoms. The van der Waals surface area contributed by atoms with Gasteiger partial charge in [-0.1, -0.05) is 6.92 Å². The third kappa shape index (κ3) is 3.93. The van der Waals surface area contributed by atoms with E-state index in [0.29, 0.717) is 19.5 Å². The van der Waals surface area contributed by atoms with Crippen LogP contribution in [0.2, 0.25) is 0 Å². The minimum atomic E-state index is -3.68. The van der Waals surface area contributed by atoms with Crippen molar-refractivity contribution in [3.63, 3.8) is 0 Å². The van der Waals surface area contributed by atoms with Gasteiger partial charge in [-0.2, -0.15) is 4.31 Å². The van der Waals surface area contributed by atoms with Crippen molar-refractivity contribution >= 4 is 16.0 Å². The maximum Gasteiger partial charge on any atom is 0.320 e. The molecule has 17 heavy (non-hydrogen) atoms. The van der Waals surface area contributed by atoms with Crippen LogP contribution in [0.1, 0.15) is 19.8 Å². The number of carboxylic acids is 1. The number of aliphatic carboxylic acids is 1. The average Bonchev–Trinajstić information content (AvgIpc) is 2.37. The summed E-state index contributed by atoms with van der Waals surface area (Å²) in [5, 5.41) is 8.64. The molecule has 1 atom stereocenters. The molecule has 6 nitrogen and oxygen atoms in total. The highest BCUT2D eigenvalue weighted by Crippen LogP contribution is 2.16. The Morgan fingerprint density at radius 3 is 2.59 bits per heavy atom. The first-order valence-corrected chi connectivity index (χ1v) is 7.37. The second kappa shape index (κ2) is 5.79. The molecular formula is C10H20N2O4S. The van der Waals surface area contributed by atoms with Crippen LogP contribution in [0.15, 0.2) is 0 Å². The molecular weight excluding hydrogens is 244 g/mol. The van der Waals surface area contributed by atoms with E-state index in [0.717, 1.165) is 13.0 Å². The fraction of sp³-hybridized carbons (Fsp3) is 0.900. The smallest absolute Gasteiger partial charge is 0.320 e. The van der Waals surface area contributed by atoms with Gasteiger partial charge in [-0.15, -0.1) is 0 Å². The van der Waals surface area contributed by atoms with E-state index >= 15 is 0 Å². The first-order valence-electron chi connectivity index (χ1n) is 5.76. The Bertz CT molecular complexity index is 369. The quantitative estimate of drug-likeness (QED) is 0.762. The van der Waals surface area contributed by atoms with E-state index in [1.165, 1.54) is 4.31 Å². The molecule has 1 saturated heterocycles. The standard InChI is InChI=1S/C10H20N2O4S/c1-3-9-7-11(2)5-4-6-12(9)17(15,16)8-10(13)14/h9H,3-8H2,1-2H3,(H,13,14). The van der Waals surface area contributed by atoms with Crippen LogP contribution in [-0.4, -0.2) is 67.2 Å². The summed E-state index contributed by atoms with van der Waals surface area (Å²) in [4.78, 5) is 12.7. The van der Waals surface area contributed by atoms with Crippen molar-refractivity contribution in [2.24, 2.45) is 0 Å². The number of likely N-dealkylation sites (N-methyl/N-ethyl adjacent to an activating group) is 1. The molecule has 1 rings (SSSR count). The molecule has 1 fully saturated rings. The molecule has 0 saturated carbocycles. The summed E-state index contributed by atoms with van der Waals surface area (Å²) in [5.41, 5.74) is 0. The van der Waals surface area contributed by atoms with Crippen molar-refractivity contribution in [3.8, 4) is 0 Å². The molecule has 1 aliphatic rings. The van der Waals surface area contributed by atoms with Crippen LogP contribution in [0.3, 0.4) is 0 Å². The van der Waals surface area contributed by atoms with Crippen molar-refractivity contribution < 1.29 is 18.3 Å². The Hall–Kier alpha value is -0.660. The molecule has 1 unspecified atom stereocenters. The van der Waals surface area contributed by atoms with E-state index in [-0.39, 0.29) is 6.04 Å². The lowest BCUT2D eigenvalue weighted by molar-refractivity contribution is -0.134. The Balaban J connectivity index is 2.88. The second-order valence-electron chi connectivity index (χ2n) is 4.44. The van der Waals surface area contributed by atoms with E-state index in [2.05, 4.69) is 4.90 Å². The fourth-order valence-electron chi connectivity index (χ4n) is 2.16. The van der Waals surface area contributed by atoms with Crippen molar-refractivity contribution in [2.75, 3.05) is 32.4 Å². The Morgan fingerprint density at radius 2 is 2.06 bits per heavy atom. The van der Waals surface area contributed by atoms with Gasteiger partial charge in [0.1, 0.15) is 0 Å². The largest absolute Gasteiger partial charge is 0.480 e. The van der Waals surface area contributed by atoms with E-state index in [1.807, 2.05) is 14.0 Å². The van der Waals surface area contributed by atoms with Gasteiger partial charge in [-0.25, -0.2) is 8.42 Å². The molecule has 1 N–H and O–H groups in total. The predicted octanol–water partition coefficient (Wildman–Crippen LogP) is -0.183. The zero-order valence-corrected chi connectivity index (χ0v) is 11.1. The summed E-state index contributed by atoms with van der Waals surface area (Å²) in [6.07, 6.45) is 1.44. The average molecular weight is 264 g/mol. The molecule has 0 aliphatic carbocycles. The first kappa shape index (κ1) is 14.4. The highest BCUT2D eigenvalue weighted by molar-refractivity contribution is 7.89. The highest BCUT2D eigenvalue weighted by Gasteiger charge is 2.32. The van der Waals surface area contributed by atoms with Gasteiger partial charge in [0.2, 0.25) is 10.0 Å². The van der Waals surface area contributed by atoms with Crippen molar-refractivity contribution in [1.82, 2.24) is 9.21 Å². The lowest BCUT2D eigenvalue weighted by Gasteiger charge is -2.28. The van der Waals surface area contributed by atoms with Gasteiger partial charge in [0.05, 0.1) is 0 Å². The maximum atomic E-state index is 12.0. The molecule has 100 valence electrons. The number of rotatable bonds is 4. The molecule has 0 spiro atoms. The van der Waals surface area contributed by atoms with Crippen LogP contribution < -0.4 is 0 Å². The summed E-state index contributed by atoms with van der Waals surface area (Å²) >= 11 is 0. The third-order valence-corrected chi connectivity index (χ3v) is 4.79. The van der Waals surface area contributed by atoms with Gasteiger partial charge in [-0.3, -0.25) is 4.79 Å². The minimum absolute atomic E-state index is 0.119. The molecule has 0 aromatic heterocycles. The van der Waals surface area contributed by atoms with Crippen molar-refractivity contribution in [2.45, 2.75) is 25.8 Å². The zero-order valence-electron chi connectivity index (χ0n) is 10.3. The fourth-order valence-corrected chi connectivity index (χ4v) is 3.71. The Labute approximate surface area is 102 Å². The number of nitrogens with zero attached hydrogens (tertiary/aromatic N) is 2. The van der Waals surface area contributed by atoms with E-state index in [4.69, 9.17) is 5.11 Å². The molecule has 0 aromatic rings. The van der Waals surface area contributed by atoms with Gasteiger partial charge in [0.15, 0.2) is 5.75 Å². The molecule has 1 aliphatic heterocycles. The second-order valence-corrected chi connectivity index (χ2v) is 6.36. The summed E-state index contributed by atoms with van der Waals surface area (Å²) < 4.78 is 25.3. The Morgan fingerprint density at radius 1 is 1.41 bits per heavy atom. The van der Waals surface area contributed by atoms with Crippen LogP contribution in [-0.2, 0) is 14.8 Å². The van der Waals surface area contributed by atoms with Gasteiger partial charge < -0.3 is 10.0 Å². The SMILES string of the molecule is CCC1CN(C)CCCN1S(=O)(=O)CC(=O)O. The number of carboxylic acid groups (broad SMARTS) is 1. The summed E-state index contributed by atoms with van der Waals surface area (Å²) in [7, 11) is -1.73. The monoisotopic (exact) mass is 264 g/mol. The predicted molar refractivity (Wildman–Crippen MR) is 64.3 cm³/mol. The number of hydrogen-bond donors (Lipinski definition) is 1. The maximum absolute atomic E-state index is 12.0. The molecule has 0 aromatic carbocycles. The lowest BCUT2D eigenvalue weighted by Crippen LogP contribution is -2.45. The van der Waals surface area contributed by atoms with Crippen molar-refractivity contribution in [1.29, 1.82) is 0 Å². The van der Waals surface area contributed by atoms with E-state index in [9.17, 15) is 13.2 Å². The number of hydrogen-bond acceptors (Lipinski definition) is 4. The molecule has 0 radical (unpaired) electrons. The molecule has 0 amide bonds. The highest BCUT2D eigenvalue weighted by atomic mass is 32.2. The van der Waals surface area contributed by atoms with Crippen LogP contribution in [0.5, 0.6) is 0 Å². The lowest BCUT2D eigenvalue weighted by atomic mass is 10.2. The van der Waals surface area contributed by atoms with Gasteiger partial charge in [-0.05, 0) is 26.4 Å². The normalized spacial score (nSPS) is 24.5. The zero-order chi connectivity index (χ0) is 13.1. The summed E-state index contributed by atoms with van der Waals surface area (Å²) in [6.45, 7) is 3.84. The van der Waals surface area contributed by atoms with Gasteiger partial charge in [0, 0.05) is 19.1 Å². The summed E-state index contributed by atoms with van der Waals surface area (Å²) in [6, 6.07) is -0.119. The van der Waals surface area contributed by atoms with E-state index in [1.54, 1.807) is 0 Å². The topological polar surface area (TPSA) is 77.9 Å². The van der Waals surface area contributed by atoms with Gasteiger partial charge >= 0.3 is 5.97 Å². The third-order valence-electron chi connectivity index (χ3n) is 2.98. The van der Waals surface area contributed by atoms with Crippen LogP contribution in [0.4, 0.5) is 0 Å². The summed E-state index contributed by atoms with van der Waals surface area (Å²) in [5.74, 6) is -2.11. The van der Waals surface area contributed by atoms with Crippen molar-refractivity contribution in [3.05, 3.63) is 0 Å². The van der Waals surface area contributed by atoms with Crippen LogP contribution >= 0.6 is 0 Å². The first-order chi connectivity index (χ1) is 7.86. The number of carbonyl (C=O) groups is 1. The van der Waals surface area contributed by atoms with Crippen LogP contribution in [0, 0.1) is 0 Å². The van der Waals surface area contributed by atoms with Gasteiger partial charge in [0.25, 0.3) is 0 Å².